The second-order valence-electron chi connectivity index (χ2n) is 4.18. The molecule has 0 aliphatic heterocycles. The van der Waals surface area contributed by atoms with Gasteiger partial charge in [-0.25, -0.2) is 25.9 Å². The van der Waals surface area contributed by atoms with E-state index in [9.17, 15) is 21.2 Å². The summed E-state index contributed by atoms with van der Waals surface area (Å²) >= 11 is 0. The average Bonchev–Trinajstić information content (AvgIpc) is 2.26. The van der Waals surface area contributed by atoms with Crippen LogP contribution >= 0.6 is 0 Å². The average molecular weight is 309 g/mol. The number of nitrogens with one attached hydrogen (secondary N) is 1. The Morgan fingerprint density at radius 3 is 2.32 bits per heavy atom. The molecule has 0 heterocycles. The Labute approximate surface area is 112 Å². The SMILES string of the molecule is CS(=O)(=O)CCNS(=O)(=O)CCc1ccccc1F. The maximum Gasteiger partial charge on any atom is 0.211 e. The van der Waals surface area contributed by atoms with Crippen LogP contribution in [-0.4, -0.2) is 41.1 Å². The van der Waals surface area contributed by atoms with E-state index in [1.165, 1.54) is 18.2 Å². The molecular formula is C11H16FNO4S2. The van der Waals surface area contributed by atoms with Gasteiger partial charge in [0.05, 0.1) is 11.5 Å². The van der Waals surface area contributed by atoms with Gasteiger partial charge in [0, 0.05) is 12.8 Å². The lowest BCUT2D eigenvalue weighted by Crippen LogP contribution is -2.31. The number of halogens is 1. The Bertz CT molecular complexity index is 626. The summed E-state index contributed by atoms with van der Waals surface area (Å²) in [7, 11) is -6.81. The van der Waals surface area contributed by atoms with Gasteiger partial charge in [0.1, 0.15) is 15.7 Å². The Morgan fingerprint density at radius 2 is 1.74 bits per heavy atom. The highest BCUT2D eigenvalue weighted by Crippen LogP contribution is 2.07. The molecule has 0 aliphatic rings. The number of rotatable bonds is 7. The molecule has 1 rings (SSSR count). The van der Waals surface area contributed by atoms with Gasteiger partial charge >= 0.3 is 0 Å². The molecule has 0 aromatic heterocycles. The summed E-state index contributed by atoms with van der Waals surface area (Å²) < 4.78 is 60.3. The topological polar surface area (TPSA) is 80.3 Å². The fourth-order valence-corrected chi connectivity index (χ4v) is 3.05. The van der Waals surface area contributed by atoms with E-state index in [0.717, 1.165) is 6.26 Å². The maximum atomic E-state index is 13.3. The molecule has 5 nitrogen and oxygen atoms in total. The summed E-state index contributed by atoms with van der Waals surface area (Å²) in [5, 5.41) is 0. The molecule has 0 aliphatic carbocycles. The second kappa shape index (κ2) is 6.44. The highest BCUT2D eigenvalue weighted by Gasteiger charge is 2.13. The van der Waals surface area contributed by atoms with Crippen molar-refractivity contribution in [3.63, 3.8) is 0 Å². The van der Waals surface area contributed by atoms with Crippen LogP contribution in [0.5, 0.6) is 0 Å². The highest BCUT2D eigenvalue weighted by molar-refractivity contribution is 7.91. The van der Waals surface area contributed by atoms with Crippen LogP contribution < -0.4 is 4.72 Å². The van der Waals surface area contributed by atoms with Gasteiger partial charge in [-0.2, -0.15) is 0 Å². The van der Waals surface area contributed by atoms with Gasteiger partial charge in [0.15, 0.2) is 0 Å². The first kappa shape index (κ1) is 16.1. The van der Waals surface area contributed by atoms with Crippen LogP contribution in [0.1, 0.15) is 5.56 Å². The molecule has 0 radical (unpaired) electrons. The second-order valence-corrected chi connectivity index (χ2v) is 8.37. The lowest BCUT2D eigenvalue weighted by Gasteiger charge is -2.06. The first-order valence-corrected chi connectivity index (χ1v) is 9.29. The number of hydrogen-bond donors (Lipinski definition) is 1. The van der Waals surface area contributed by atoms with Crippen molar-refractivity contribution in [2.75, 3.05) is 24.3 Å². The van der Waals surface area contributed by atoms with Crippen molar-refractivity contribution in [1.82, 2.24) is 4.72 Å². The summed E-state index contributed by atoms with van der Waals surface area (Å²) in [5.41, 5.74) is 0.316. The molecule has 0 spiro atoms. The molecule has 0 atom stereocenters. The predicted octanol–water partition coefficient (Wildman–Crippen LogP) is 0.332. The Balaban J connectivity index is 2.50. The van der Waals surface area contributed by atoms with E-state index in [-0.39, 0.29) is 24.5 Å². The van der Waals surface area contributed by atoms with Crippen LogP contribution in [-0.2, 0) is 26.3 Å². The van der Waals surface area contributed by atoms with E-state index in [1.54, 1.807) is 6.07 Å². The van der Waals surface area contributed by atoms with Gasteiger partial charge in [-0.1, -0.05) is 18.2 Å². The van der Waals surface area contributed by atoms with Crippen molar-refractivity contribution in [2.45, 2.75) is 6.42 Å². The maximum absolute atomic E-state index is 13.3. The molecule has 1 N–H and O–H groups in total. The molecule has 19 heavy (non-hydrogen) atoms. The highest BCUT2D eigenvalue weighted by atomic mass is 32.2. The van der Waals surface area contributed by atoms with Crippen molar-refractivity contribution in [3.8, 4) is 0 Å². The molecule has 8 heteroatoms. The molecule has 0 amide bonds. The van der Waals surface area contributed by atoms with Crippen LogP contribution in [0.3, 0.4) is 0 Å². The largest absolute Gasteiger partial charge is 0.229 e. The quantitative estimate of drug-likeness (QED) is 0.787. The van der Waals surface area contributed by atoms with Gasteiger partial charge in [0.2, 0.25) is 10.0 Å². The molecule has 0 unspecified atom stereocenters. The van der Waals surface area contributed by atoms with Crippen LogP contribution in [0.25, 0.3) is 0 Å². The van der Waals surface area contributed by atoms with E-state index >= 15 is 0 Å². The summed E-state index contributed by atoms with van der Waals surface area (Å²) in [6.45, 7) is -0.168. The summed E-state index contributed by atoms with van der Waals surface area (Å²) in [4.78, 5) is 0. The van der Waals surface area contributed by atoms with Gasteiger partial charge in [-0.05, 0) is 18.1 Å². The standard InChI is InChI=1S/C11H16FNO4S2/c1-18(14,15)9-7-13-19(16,17)8-6-10-4-2-3-5-11(10)12/h2-5,13H,6-9H2,1H3. The normalized spacial score (nSPS) is 12.5. The van der Waals surface area contributed by atoms with E-state index < -0.39 is 25.7 Å². The van der Waals surface area contributed by atoms with E-state index in [4.69, 9.17) is 0 Å². The van der Waals surface area contributed by atoms with Gasteiger partial charge in [0.25, 0.3) is 0 Å². The molecule has 0 saturated heterocycles. The minimum Gasteiger partial charge on any atom is -0.229 e. The van der Waals surface area contributed by atoms with Crippen LogP contribution in [0.15, 0.2) is 24.3 Å². The smallest absolute Gasteiger partial charge is 0.211 e. The monoisotopic (exact) mass is 309 g/mol. The van der Waals surface area contributed by atoms with Crippen molar-refractivity contribution in [2.24, 2.45) is 0 Å². The molecule has 0 saturated carbocycles. The third-order valence-corrected chi connectivity index (χ3v) is 4.72. The number of hydrogen-bond acceptors (Lipinski definition) is 4. The Hall–Kier alpha value is -0.990. The molecule has 1 aromatic rings. The first-order chi connectivity index (χ1) is 8.70. The van der Waals surface area contributed by atoms with Gasteiger partial charge in [-0.15, -0.1) is 0 Å². The van der Waals surface area contributed by atoms with Crippen LogP contribution in [0, 0.1) is 5.82 Å². The first-order valence-electron chi connectivity index (χ1n) is 5.58. The molecule has 0 bridgehead atoms. The predicted molar refractivity (Wildman–Crippen MR) is 71.6 cm³/mol. The van der Waals surface area contributed by atoms with Crippen molar-refractivity contribution in [1.29, 1.82) is 0 Å². The van der Waals surface area contributed by atoms with Crippen molar-refractivity contribution in [3.05, 3.63) is 35.6 Å². The van der Waals surface area contributed by atoms with Gasteiger partial charge in [-0.3, -0.25) is 0 Å². The Morgan fingerprint density at radius 1 is 1.11 bits per heavy atom. The summed E-state index contributed by atoms with van der Waals surface area (Å²) in [5.74, 6) is -0.988. The minimum absolute atomic E-state index is 0.0425. The van der Waals surface area contributed by atoms with E-state index in [1.807, 2.05) is 0 Å². The fraction of sp³-hybridized carbons (Fsp3) is 0.455. The van der Waals surface area contributed by atoms with Gasteiger partial charge < -0.3 is 0 Å². The number of sulfone groups is 1. The lowest BCUT2D eigenvalue weighted by atomic mass is 10.2. The van der Waals surface area contributed by atoms with Crippen molar-refractivity contribution >= 4 is 19.9 Å². The van der Waals surface area contributed by atoms with Crippen molar-refractivity contribution < 1.29 is 21.2 Å². The third kappa shape index (κ3) is 6.65. The molecule has 0 fully saturated rings. The number of benzene rings is 1. The number of aryl methyl sites for hydroxylation is 1. The summed E-state index contributed by atoms with van der Waals surface area (Å²) in [6.07, 6.45) is 1.07. The van der Waals surface area contributed by atoms with E-state index in [0.29, 0.717) is 5.56 Å². The molecular weight excluding hydrogens is 293 g/mol. The van der Waals surface area contributed by atoms with E-state index in [2.05, 4.69) is 4.72 Å². The minimum atomic E-state index is -3.60. The molecule has 1 aromatic carbocycles. The third-order valence-electron chi connectivity index (χ3n) is 2.39. The lowest BCUT2D eigenvalue weighted by molar-refractivity contribution is 0.579. The zero-order valence-corrected chi connectivity index (χ0v) is 12.1. The molecule has 108 valence electrons. The summed E-state index contributed by atoms with van der Waals surface area (Å²) in [6, 6.07) is 5.93. The van der Waals surface area contributed by atoms with Crippen LogP contribution in [0.2, 0.25) is 0 Å². The van der Waals surface area contributed by atoms with Crippen LogP contribution in [0.4, 0.5) is 4.39 Å². The Kier molecular flexibility index (Phi) is 5.45. The zero-order valence-electron chi connectivity index (χ0n) is 10.5. The fourth-order valence-electron chi connectivity index (χ4n) is 1.40. The number of sulfonamides is 1. The zero-order chi connectivity index (χ0) is 14.5.